The largest absolute Gasteiger partial charge is 0.462 e. The Morgan fingerprint density at radius 2 is 1.67 bits per heavy atom. The fourth-order valence-electron chi connectivity index (χ4n) is 3.36. The minimum Gasteiger partial charge on any atom is -0.462 e. The summed E-state index contributed by atoms with van der Waals surface area (Å²) in [5, 5.41) is 1.33. The Bertz CT molecular complexity index is 1280. The van der Waals surface area contributed by atoms with E-state index in [0.29, 0.717) is 39.4 Å². The molecule has 0 fully saturated rings. The van der Waals surface area contributed by atoms with E-state index in [2.05, 4.69) is 4.98 Å². The van der Waals surface area contributed by atoms with Crippen LogP contribution < -0.4 is 4.74 Å². The topological polar surface area (TPSA) is 65.5 Å². The number of hydrogen-bond donors (Lipinski definition) is 0. The van der Waals surface area contributed by atoms with Crippen LogP contribution in [0.3, 0.4) is 0 Å². The van der Waals surface area contributed by atoms with E-state index in [9.17, 15) is 9.59 Å². The molecule has 1 heterocycles. The number of nitrogens with zero attached hydrogens (tertiary/aromatic N) is 1. The van der Waals surface area contributed by atoms with Crippen LogP contribution in [0.1, 0.15) is 28.8 Å². The number of para-hydroxylation sites is 1. The van der Waals surface area contributed by atoms with Crippen molar-refractivity contribution in [1.82, 2.24) is 4.98 Å². The molecule has 4 aromatic rings. The molecule has 0 atom stereocenters. The smallest absolute Gasteiger partial charge is 0.338 e. The Kier molecular flexibility index (Phi) is 7.01. The number of aryl methyl sites for hydroxylation is 1. The molecule has 4 rings (SSSR count). The lowest BCUT2D eigenvalue weighted by Gasteiger charge is -2.10. The number of hydrogen-bond acceptors (Lipinski definition) is 5. The SMILES string of the molecule is Cc1ccc(OC(=O)CCCOC(=O)c2cc(-c3ccc(Cl)cc3)nc3ccccc23)cc1. The summed E-state index contributed by atoms with van der Waals surface area (Å²) < 4.78 is 10.8. The quantitative estimate of drug-likeness (QED) is 0.181. The molecular weight excluding hydrogens is 438 g/mol. The highest BCUT2D eigenvalue weighted by atomic mass is 35.5. The first-order valence-corrected chi connectivity index (χ1v) is 11.0. The van der Waals surface area contributed by atoms with Crippen LogP contribution >= 0.6 is 11.6 Å². The number of benzene rings is 3. The van der Waals surface area contributed by atoms with Gasteiger partial charge in [-0.2, -0.15) is 0 Å². The highest BCUT2D eigenvalue weighted by Crippen LogP contribution is 2.26. The zero-order valence-electron chi connectivity index (χ0n) is 18.1. The summed E-state index contributed by atoms with van der Waals surface area (Å²) in [7, 11) is 0. The van der Waals surface area contributed by atoms with Gasteiger partial charge in [0, 0.05) is 22.4 Å². The first-order chi connectivity index (χ1) is 16.0. The molecule has 0 aliphatic carbocycles. The third-order valence-electron chi connectivity index (χ3n) is 5.09. The lowest BCUT2D eigenvalue weighted by molar-refractivity contribution is -0.134. The average molecular weight is 460 g/mol. The summed E-state index contributed by atoms with van der Waals surface area (Å²) in [5.41, 5.74) is 3.70. The van der Waals surface area contributed by atoms with Crippen molar-refractivity contribution in [3.05, 3.63) is 95.0 Å². The van der Waals surface area contributed by atoms with Crippen LogP contribution in [0.4, 0.5) is 0 Å². The van der Waals surface area contributed by atoms with Gasteiger partial charge in [0.05, 0.1) is 23.4 Å². The van der Waals surface area contributed by atoms with Crippen molar-refractivity contribution < 1.29 is 19.1 Å². The van der Waals surface area contributed by atoms with Gasteiger partial charge in [-0.3, -0.25) is 4.79 Å². The van der Waals surface area contributed by atoms with Crippen LogP contribution in [0.25, 0.3) is 22.2 Å². The first kappa shape index (κ1) is 22.5. The monoisotopic (exact) mass is 459 g/mol. The van der Waals surface area contributed by atoms with E-state index in [-0.39, 0.29) is 19.0 Å². The van der Waals surface area contributed by atoms with Gasteiger partial charge in [0.2, 0.25) is 0 Å². The molecule has 0 N–H and O–H groups in total. The maximum Gasteiger partial charge on any atom is 0.338 e. The standard InChI is InChI=1S/C27H22ClNO4/c1-18-8-14-21(15-9-18)33-26(30)7-4-16-32-27(31)23-17-25(19-10-12-20(28)13-11-19)29-24-6-3-2-5-22(23)24/h2-3,5-6,8-15,17H,4,7,16H2,1H3. The third-order valence-corrected chi connectivity index (χ3v) is 5.34. The molecule has 33 heavy (non-hydrogen) atoms. The number of halogens is 1. The summed E-state index contributed by atoms with van der Waals surface area (Å²) in [4.78, 5) is 29.6. The van der Waals surface area contributed by atoms with Crippen LogP contribution in [0.15, 0.2) is 78.9 Å². The zero-order chi connectivity index (χ0) is 23.2. The van der Waals surface area contributed by atoms with Gasteiger partial charge < -0.3 is 9.47 Å². The number of carbonyl (C=O) groups is 2. The minimum absolute atomic E-state index is 0.106. The lowest BCUT2D eigenvalue weighted by Crippen LogP contribution is -2.12. The van der Waals surface area contributed by atoms with E-state index in [1.807, 2.05) is 55.5 Å². The highest BCUT2D eigenvalue weighted by molar-refractivity contribution is 6.30. The van der Waals surface area contributed by atoms with Crippen LogP contribution in [-0.4, -0.2) is 23.5 Å². The minimum atomic E-state index is -0.462. The number of pyridine rings is 1. The Morgan fingerprint density at radius 3 is 2.42 bits per heavy atom. The molecular formula is C27H22ClNO4. The summed E-state index contributed by atoms with van der Waals surface area (Å²) in [6.45, 7) is 2.07. The van der Waals surface area contributed by atoms with Crippen molar-refractivity contribution in [2.75, 3.05) is 6.61 Å². The second-order valence-electron chi connectivity index (χ2n) is 7.61. The average Bonchev–Trinajstić information content (AvgIpc) is 2.83. The summed E-state index contributed by atoms with van der Waals surface area (Å²) in [6, 6.07) is 23.7. The molecule has 5 nitrogen and oxygen atoms in total. The Balaban J connectivity index is 1.41. The number of esters is 2. The van der Waals surface area contributed by atoms with Crippen molar-refractivity contribution in [2.45, 2.75) is 19.8 Å². The molecule has 0 saturated heterocycles. The van der Waals surface area contributed by atoms with Gasteiger partial charge in [-0.15, -0.1) is 0 Å². The van der Waals surface area contributed by atoms with E-state index in [4.69, 9.17) is 21.1 Å². The zero-order valence-corrected chi connectivity index (χ0v) is 18.8. The molecule has 0 bridgehead atoms. The van der Waals surface area contributed by atoms with Gasteiger partial charge in [0.15, 0.2) is 0 Å². The lowest BCUT2D eigenvalue weighted by atomic mass is 10.0. The van der Waals surface area contributed by atoms with Gasteiger partial charge in [-0.25, -0.2) is 9.78 Å². The van der Waals surface area contributed by atoms with Crippen molar-refractivity contribution in [3.8, 4) is 17.0 Å². The van der Waals surface area contributed by atoms with Crippen LogP contribution in [0.2, 0.25) is 5.02 Å². The molecule has 0 aliphatic rings. The van der Waals surface area contributed by atoms with Crippen LogP contribution in [0, 0.1) is 6.92 Å². The molecule has 0 saturated carbocycles. The molecule has 166 valence electrons. The highest BCUT2D eigenvalue weighted by Gasteiger charge is 2.15. The van der Waals surface area contributed by atoms with Crippen molar-refractivity contribution in [1.29, 1.82) is 0 Å². The first-order valence-electron chi connectivity index (χ1n) is 10.6. The Labute approximate surface area is 196 Å². The van der Waals surface area contributed by atoms with Gasteiger partial charge in [-0.05, 0) is 49.7 Å². The molecule has 3 aromatic carbocycles. The van der Waals surface area contributed by atoms with Crippen molar-refractivity contribution >= 4 is 34.4 Å². The van der Waals surface area contributed by atoms with E-state index in [1.54, 1.807) is 30.3 Å². The molecule has 1 aromatic heterocycles. The van der Waals surface area contributed by atoms with Gasteiger partial charge >= 0.3 is 11.9 Å². The number of rotatable bonds is 7. The second-order valence-corrected chi connectivity index (χ2v) is 8.04. The fourth-order valence-corrected chi connectivity index (χ4v) is 3.49. The number of carbonyl (C=O) groups excluding carboxylic acids is 2. The van der Waals surface area contributed by atoms with Gasteiger partial charge in [0.1, 0.15) is 5.75 Å². The van der Waals surface area contributed by atoms with E-state index >= 15 is 0 Å². The van der Waals surface area contributed by atoms with Crippen molar-refractivity contribution in [3.63, 3.8) is 0 Å². The third kappa shape index (κ3) is 5.76. The Morgan fingerprint density at radius 1 is 0.939 bits per heavy atom. The second kappa shape index (κ2) is 10.3. The molecule has 0 aliphatic heterocycles. The molecule has 0 radical (unpaired) electrons. The van der Waals surface area contributed by atoms with Gasteiger partial charge in [0.25, 0.3) is 0 Å². The predicted molar refractivity (Wildman–Crippen MR) is 129 cm³/mol. The van der Waals surface area contributed by atoms with Crippen LogP contribution in [-0.2, 0) is 9.53 Å². The summed E-state index contributed by atoms with van der Waals surface area (Å²) >= 11 is 5.99. The number of aromatic nitrogens is 1. The van der Waals surface area contributed by atoms with Gasteiger partial charge in [-0.1, -0.05) is 59.6 Å². The predicted octanol–water partition coefficient (Wildman–Crippen LogP) is 6.41. The van der Waals surface area contributed by atoms with E-state index in [1.165, 1.54) is 0 Å². The maximum atomic E-state index is 12.9. The summed E-state index contributed by atoms with van der Waals surface area (Å²) in [6.07, 6.45) is 0.512. The fraction of sp³-hybridized carbons (Fsp3) is 0.148. The maximum absolute atomic E-state index is 12.9. The Hall–Kier alpha value is -3.70. The number of fused-ring (bicyclic) bond motifs is 1. The van der Waals surface area contributed by atoms with Crippen molar-refractivity contribution in [2.24, 2.45) is 0 Å². The summed E-state index contributed by atoms with van der Waals surface area (Å²) in [5.74, 6) is -0.328. The molecule has 0 unspecified atom stereocenters. The van der Waals surface area contributed by atoms with E-state index < -0.39 is 5.97 Å². The number of ether oxygens (including phenoxy) is 2. The molecule has 6 heteroatoms. The molecule has 0 spiro atoms. The van der Waals surface area contributed by atoms with Crippen LogP contribution in [0.5, 0.6) is 5.75 Å². The normalized spacial score (nSPS) is 10.7. The molecule has 0 amide bonds. The van der Waals surface area contributed by atoms with E-state index in [0.717, 1.165) is 11.1 Å².